The number of rotatable bonds is 10. The highest BCUT2D eigenvalue weighted by Crippen LogP contribution is 2.28. The summed E-state index contributed by atoms with van der Waals surface area (Å²) >= 11 is 0. The Bertz CT molecular complexity index is 857. The summed E-state index contributed by atoms with van der Waals surface area (Å²) in [6, 6.07) is 8.17. The highest BCUT2D eigenvalue weighted by molar-refractivity contribution is 5.81. The average molecular weight is 407 g/mol. The van der Waals surface area contributed by atoms with Gasteiger partial charge >= 0.3 is 5.97 Å². The van der Waals surface area contributed by atoms with Crippen molar-refractivity contribution in [2.75, 3.05) is 19.8 Å². The molecule has 0 spiro atoms. The quantitative estimate of drug-likeness (QED) is 0.613. The lowest BCUT2D eigenvalue weighted by molar-refractivity contribution is -0.147. The monoisotopic (exact) mass is 407 g/mol. The largest absolute Gasteiger partial charge is 0.490 e. The van der Waals surface area contributed by atoms with Gasteiger partial charge in [0, 0.05) is 18.2 Å². The Morgan fingerprint density at radius 1 is 0.966 bits per heavy atom. The van der Waals surface area contributed by atoms with Crippen LogP contribution in [0.25, 0.3) is 0 Å². The Morgan fingerprint density at radius 2 is 1.69 bits per heavy atom. The number of amides is 1. The number of benzene rings is 2. The van der Waals surface area contributed by atoms with Crippen LogP contribution in [0.3, 0.4) is 0 Å². The zero-order chi connectivity index (χ0) is 21.2. The first-order valence-electron chi connectivity index (χ1n) is 9.17. The van der Waals surface area contributed by atoms with Gasteiger partial charge in [-0.25, -0.2) is 8.78 Å². The van der Waals surface area contributed by atoms with E-state index in [1.165, 1.54) is 6.07 Å². The molecule has 0 atom stereocenters. The topological polar surface area (TPSA) is 73.9 Å². The fraction of sp³-hybridized carbons (Fsp3) is 0.333. The van der Waals surface area contributed by atoms with Crippen molar-refractivity contribution in [3.63, 3.8) is 0 Å². The molecule has 8 heteroatoms. The van der Waals surface area contributed by atoms with Gasteiger partial charge in [-0.3, -0.25) is 9.59 Å². The maximum absolute atomic E-state index is 13.5. The van der Waals surface area contributed by atoms with Gasteiger partial charge in [-0.15, -0.1) is 0 Å². The van der Waals surface area contributed by atoms with E-state index in [-0.39, 0.29) is 18.5 Å². The van der Waals surface area contributed by atoms with Gasteiger partial charge < -0.3 is 19.5 Å². The molecule has 1 N–H and O–H groups in total. The van der Waals surface area contributed by atoms with Crippen LogP contribution >= 0.6 is 0 Å². The van der Waals surface area contributed by atoms with E-state index in [4.69, 9.17) is 14.2 Å². The number of carbonyl (C=O) groups excluding carboxylic acids is 2. The van der Waals surface area contributed by atoms with E-state index in [0.717, 1.165) is 12.1 Å². The van der Waals surface area contributed by atoms with Crippen molar-refractivity contribution in [1.29, 1.82) is 0 Å². The van der Waals surface area contributed by atoms with Crippen molar-refractivity contribution in [3.05, 3.63) is 59.2 Å². The molecule has 0 aliphatic carbocycles. The van der Waals surface area contributed by atoms with Crippen molar-refractivity contribution < 1.29 is 32.6 Å². The maximum Gasteiger partial charge on any atom is 0.310 e. The molecule has 6 nitrogen and oxygen atoms in total. The summed E-state index contributed by atoms with van der Waals surface area (Å²) in [6.45, 7) is 3.99. The highest BCUT2D eigenvalue weighted by Gasteiger charge is 2.12. The Kier molecular flexibility index (Phi) is 8.39. The van der Waals surface area contributed by atoms with Crippen LogP contribution in [0.1, 0.15) is 25.0 Å². The lowest BCUT2D eigenvalue weighted by Crippen LogP contribution is -2.29. The van der Waals surface area contributed by atoms with Gasteiger partial charge in [-0.1, -0.05) is 12.1 Å². The number of ether oxygens (including phenoxy) is 3. The predicted octanol–water partition coefficient (Wildman–Crippen LogP) is 3.16. The van der Waals surface area contributed by atoms with Crippen LogP contribution in [0.5, 0.6) is 11.5 Å². The minimum Gasteiger partial charge on any atom is -0.490 e. The van der Waals surface area contributed by atoms with Crippen molar-refractivity contribution in [1.82, 2.24) is 5.32 Å². The summed E-state index contributed by atoms with van der Waals surface area (Å²) in [7, 11) is 0. The van der Waals surface area contributed by atoms with Gasteiger partial charge in [0.2, 0.25) is 0 Å². The van der Waals surface area contributed by atoms with Crippen LogP contribution in [0.15, 0.2) is 36.4 Å². The lowest BCUT2D eigenvalue weighted by Gasteiger charge is -2.12. The molecule has 0 aliphatic rings. The SMILES string of the molecule is CCOc1ccc(CC(=O)OCC(=O)NCc2ccc(F)cc2F)cc1OCC. The van der Waals surface area contributed by atoms with E-state index >= 15 is 0 Å². The second-order valence-corrected chi connectivity index (χ2v) is 6.00. The molecule has 2 rings (SSSR count). The fourth-order valence-electron chi connectivity index (χ4n) is 2.48. The molecule has 2 aromatic carbocycles. The summed E-state index contributed by atoms with van der Waals surface area (Å²) in [6.07, 6.45) is -0.0493. The normalized spacial score (nSPS) is 10.3. The maximum atomic E-state index is 13.5. The average Bonchev–Trinajstić information content (AvgIpc) is 2.68. The molecular formula is C21H23F2NO5. The third kappa shape index (κ3) is 7.06. The van der Waals surface area contributed by atoms with Gasteiger partial charge in [0.25, 0.3) is 5.91 Å². The number of carbonyl (C=O) groups is 2. The lowest BCUT2D eigenvalue weighted by atomic mass is 10.1. The number of hydrogen-bond donors (Lipinski definition) is 1. The van der Waals surface area contributed by atoms with Crippen molar-refractivity contribution in [2.24, 2.45) is 0 Å². The fourth-order valence-corrected chi connectivity index (χ4v) is 2.48. The molecule has 0 aromatic heterocycles. The minimum absolute atomic E-state index is 0.0493. The number of hydrogen-bond acceptors (Lipinski definition) is 5. The van der Waals surface area contributed by atoms with Gasteiger partial charge in [-0.2, -0.15) is 0 Å². The molecule has 0 radical (unpaired) electrons. The Balaban J connectivity index is 1.82. The van der Waals surface area contributed by atoms with Crippen LogP contribution < -0.4 is 14.8 Å². The Hall–Kier alpha value is -3.16. The van der Waals surface area contributed by atoms with E-state index < -0.39 is 30.1 Å². The molecule has 0 heterocycles. The van der Waals surface area contributed by atoms with Gasteiger partial charge in [0.1, 0.15) is 11.6 Å². The molecule has 0 saturated heterocycles. The van der Waals surface area contributed by atoms with Gasteiger partial charge in [0.15, 0.2) is 18.1 Å². The molecule has 0 fully saturated rings. The van der Waals surface area contributed by atoms with Gasteiger partial charge in [0.05, 0.1) is 19.6 Å². The summed E-state index contributed by atoms with van der Waals surface area (Å²) in [5.74, 6) is -1.54. The zero-order valence-electron chi connectivity index (χ0n) is 16.3. The van der Waals surface area contributed by atoms with E-state index in [1.54, 1.807) is 18.2 Å². The number of halogens is 2. The third-order valence-electron chi connectivity index (χ3n) is 3.81. The Labute approximate surface area is 167 Å². The molecule has 1 amide bonds. The highest BCUT2D eigenvalue weighted by atomic mass is 19.1. The minimum atomic E-state index is -0.761. The summed E-state index contributed by atoms with van der Waals surface area (Å²) < 4.78 is 42.3. The summed E-state index contributed by atoms with van der Waals surface area (Å²) in [4.78, 5) is 23.8. The third-order valence-corrected chi connectivity index (χ3v) is 3.81. The van der Waals surface area contributed by atoms with Crippen LogP contribution in [0, 0.1) is 11.6 Å². The van der Waals surface area contributed by atoms with Crippen molar-refractivity contribution in [2.45, 2.75) is 26.8 Å². The van der Waals surface area contributed by atoms with Crippen LogP contribution in [0.4, 0.5) is 8.78 Å². The van der Waals surface area contributed by atoms with Crippen LogP contribution in [0.2, 0.25) is 0 Å². The second-order valence-electron chi connectivity index (χ2n) is 6.00. The molecule has 0 saturated carbocycles. The predicted molar refractivity (Wildman–Crippen MR) is 102 cm³/mol. The van der Waals surface area contributed by atoms with E-state index in [1.807, 2.05) is 13.8 Å². The zero-order valence-corrected chi connectivity index (χ0v) is 16.3. The van der Waals surface area contributed by atoms with E-state index in [9.17, 15) is 18.4 Å². The van der Waals surface area contributed by atoms with E-state index in [0.29, 0.717) is 30.3 Å². The standard InChI is InChI=1S/C21H23F2NO5/c1-3-27-18-8-5-14(9-19(18)28-4-2)10-21(26)29-13-20(25)24-12-15-6-7-16(22)11-17(15)23/h5-9,11H,3-4,10,12-13H2,1-2H3,(H,24,25). The molecule has 156 valence electrons. The molecule has 2 aromatic rings. The van der Waals surface area contributed by atoms with Crippen LogP contribution in [-0.2, 0) is 27.3 Å². The first-order valence-corrected chi connectivity index (χ1v) is 9.17. The first kappa shape index (κ1) is 22.1. The van der Waals surface area contributed by atoms with Crippen LogP contribution in [-0.4, -0.2) is 31.7 Å². The number of nitrogens with one attached hydrogen (secondary N) is 1. The molecule has 0 unspecified atom stereocenters. The van der Waals surface area contributed by atoms with Crippen molar-refractivity contribution in [3.8, 4) is 11.5 Å². The summed E-state index contributed by atoms with van der Waals surface area (Å²) in [5.41, 5.74) is 0.777. The number of esters is 1. The van der Waals surface area contributed by atoms with Crippen molar-refractivity contribution >= 4 is 11.9 Å². The second kappa shape index (κ2) is 11.0. The first-order chi connectivity index (χ1) is 13.9. The van der Waals surface area contributed by atoms with Gasteiger partial charge in [-0.05, 0) is 37.6 Å². The molecule has 29 heavy (non-hydrogen) atoms. The summed E-state index contributed by atoms with van der Waals surface area (Å²) in [5, 5.41) is 2.41. The molecule has 0 aliphatic heterocycles. The smallest absolute Gasteiger partial charge is 0.310 e. The van der Waals surface area contributed by atoms with E-state index in [2.05, 4.69) is 5.32 Å². The molecular weight excluding hydrogens is 384 g/mol. The Morgan fingerprint density at radius 3 is 2.38 bits per heavy atom. The molecule has 0 bridgehead atoms.